The van der Waals surface area contributed by atoms with Crippen LogP contribution in [0.15, 0.2) is 18.2 Å². The van der Waals surface area contributed by atoms with Gasteiger partial charge in [0.15, 0.2) is 6.61 Å². The Hall–Kier alpha value is -2.09. The molecule has 0 saturated heterocycles. The summed E-state index contributed by atoms with van der Waals surface area (Å²) in [4.78, 5) is 24.0. The molecule has 0 radical (unpaired) electrons. The van der Waals surface area contributed by atoms with Crippen molar-refractivity contribution in [2.45, 2.75) is 39.2 Å². The van der Waals surface area contributed by atoms with Gasteiger partial charge in [0.1, 0.15) is 0 Å². The second-order valence-corrected chi connectivity index (χ2v) is 8.70. The SMILES string of the molecule is CCC(C)(C)NC(=O)COC(=O)c1ccc2c(c1)CCN2S(C)(=O)=O. The predicted octanol–water partition coefficient (Wildman–Crippen LogP) is 1.47. The number of nitrogens with one attached hydrogen (secondary N) is 1. The summed E-state index contributed by atoms with van der Waals surface area (Å²) in [5.41, 5.74) is 1.31. The standard InChI is InChI=1S/C17H24N2O5S/c1-5-17(2,3)18-15(20)11-24-16(21)13-6-7-14-12(10-13)8-9-19(14)25(4,22)23/h6-7,10H,5,8-9,11H2,1-4H3,(H,18,20). The minimum atomic E-state index is -3.33. The zero-order valence-corrected chi connectivity index (χ0v) is 15.8. The number of sulfonamides is 1. The molecule has 0 unspecified atom stereocenters. The predicted molar refractivity (Wildman–Crippen MR) is 95.1 cm³/mol. The van der Waals surface area contributed by atoms with Crippen LogP contribution in [0, 0.1) is 0 Å². The first-order chi connectivity index (χ1) is 11.5. The van der Waals surface area contributed by atoms with E-state index in [1.165, 1.54) is 10.4 Å². The molecule has 0 aromatic heterocycles. The molecule has 0 bridgehead atoms. The summed E-state index contributed by atoms with van der Waals surface area (Å²) in [6.07, 6.45) is 2.45. The van der Waals surface area contributed by atoms with Gasteiger partial charge in [0.05, 0.1) is 17.5 Å². The first kappa shape index (κ1) is 19.2. The molecule has 1 amide bonds. The van der Waals surface area contributed by atoms with Gasteiger partial charge in [-0.1, -0.05) is 6.92 Å². The van der Waals surface area contributed by atoms with E-state index in [2.05, 4.69) is 5.32 Å². The Kier molecular flexibility index (Phi) is 5.41. The van der Waals surface area contributed by atoms with Crippen LogP contribution in [-0.4, -0.2) is 45.2 Å². The molecule has 1 aliphatic heterocycles. The molecule has 1 N–H and O–H groups in total. The van der Waals surface area contributed by atoms with Gasteiger partial charge in [0, 0.05) is 12.1 Å². The molecule has 138 valence electrons. The zero-order valence-electron chi connectivity index (χ0n) is 15.0. The summed E-state index contributed by atoms with van der Waals surface area (Å²) in [7, 11) is -3.33. The number of carbonyl (C=O) groups excluding carboxylic acids is 2. The van der Waals surface area contributed by atoms with Crippen molar-refractivity contribution >= 4 is 27.6 Å². The number of carbonyl (C=O) groups is 2. The Morgan fingerprint density at radius 3 is 2.60 bits per heavy atom. The second kappa shape index (κ2) is 7.03. The fourth-order valence-electron chi connectivity index (χ4n) is 2.56. The third-order valence-corrected chi connectivity index (χ3v) is 5.44. The Morgan fingerprint density at radius 2 is 2.00 bits per heavy atom. The molecule has 0 saturated carbocycles. The van der Waals surface area contributed by atoms with Crippen LogP contribution in [0.2, 0.25) is 0 Å². The normalized spacial score (nSPS) is 14.2. The lowest BCUT2D eigenvalue weighted by Crippen LogP contribution is -2.44. The maximum Gasteiger partial charge on any atom is 0.338 e. The summed E-state index contributed by atoms with van der Waals surface area (Å²) in [6.45, 7) is 5.74. The molecule has 2 rings (SSSR count). The average molecular weight is 368 g/mol. The van der Waals surface area contributed by atoms with Crippen molar-refractivity contribution in [1.82, 2.24) is 5.32 Å². The third kappa shape index (κ3) is 4.72. The monoisotopic (exact) mass is 368 g/mol. The number of benzene rings is 1. The summed E-state index contributed by atoms with van der Waals surface area (Å²) < 4.78 is 29.8. The van der Waals surface area contributed by atoms with Crippen molar-refractivity contribution in [1.29, 1.82) is 0 Å². The van der Waals surface area contributed by atoms with Crippen LogP contribution >= 0.6 is 0 Å². The maximum atomic E-state index is 12.1. The van der Waals surface area contributed by atoms with E-state index in [0.29, 0.717) is 24.2 Å². The molecular formula is C17H24N2O5S. The molecule has 25 heavy (non-hydrogen) atoms. The highest BCUT2D eigenvalue weighted by Crippen LogP contribution is 2.30. The van der Waals surface area contributed by atoms with Gasteiger partial charge in [0.25, 0.3) is 5.91 Å². The zero-order chi connectivity index (χ0) is 18.8. The van der Waals surface area contributed by atoms with E-state index in [0.717, 1.165) is 18.2 Å². The van der Waals surface area contributed by atoms with Gasteiger partial charge < -0.3 is 10.1 Å². The molecule has 7 nitrogen and oxygen atoms in total. The quantitative estimate of drug-likeness (QED) is 0.768. The third-order valence-electron chi connectivity index (χ3n) is 4.26. The minimum absolute atomic E-state index is 0.302. The summed E-state index contributed by atoms with van der Waals surface area (Å²) in [5, 5.41) is 2.79. The van der Waals surface area contributed by atoms with Crippen molar-refractivity contribution in [3.8, 4) is 0 Å². The summed E-state index contributed by atoms with van der Waals surface area (Å²) >= 11 is 0. The van der Waals surface area contributed by atoms with Crippen molar-refractivity contribution in [2.24, 2.45) is 0 Å². The van der Waals surface area contributed by atoms with E-state index in [1.807, 2.05) is 20.8 Å². The number of anilines is 1. The Balaban J connectivity index is 2.01. The molecule has 0 atom stereocenters. The Morgan fingerprint density at radius 1 is 1.32 bits per heavy atom. The number of hydrogen-bond donors (Lipinski definition) is 1. The maximum absolute atomic E-state index is 12.1. The molecular weight excluding hydrogens is 344 g/mol. The van der Waals surface area contributed by atoms with Crippen LogP contribution in [-0.2, 0) is 26.0 Å². The number of esters is 1. The van der Waals surface area contributed by atoms with Crippen LogP contribution in [0.3, 0.4) is 0 Å². The number of nitrogens with zero attached hydrogens (tertiary/aromatic N) is 1. The van der Waals surface area contributed by atoms with Gasteiger partial charge in [-0.2, -0.15) is 0 Å². The Labute approximate surface area is 148 Å². The van der Waals surface area contributed by atoms with E-state index >= 15 is 0 Å². The highest BCUT2D eigenvalue weighted by atomic mass is 32.2. The molecule has 1 aromatic carbocycles. The molecule has 8 heteroatoms. The van der Waals surface area contributed by atoms with Crippen LogP contribution in [0.5, 0.6) is 0 Å². The second-order valence-electron chi connectivity index (χ2n) is 6.79. The highest BCUT2D eigenvalue weighted by molar-refractivity contribution is 7.92. The lowest BCUT2D eigenvalue weighted by molar-refractivity contribution is -0.125. The molecule has 1 heterocycles. The van der Waals surface area contributed by atoms with E-state index in [4.69, 9.17) is 4.74 Å². The fraction of sp³-hybridized carbons (Fsp3) is 0.529. The minimum Gasteiger partial charge on any atom is -0.452 e. The van der Waals surface area contributed by atoms with Crippen molar-refractivity contribution in [3.63, 3.8) is 0 Å². The van der Waals surface area contributed by atoms with E-state index in [-0.39, 0.29) is 18.1 Å². The number of amides is 1. The smallest absolute Gasteiger partial charge is 0.338 e. The van der Waals surface area contributed by atoms with E-state index < -0.39 is 16.0 Å². The number of rotatable bonds is 6. The molecule has 0 aliphatic carbocycles. The van der Waals surface area contributed by atoms with Gasteiger partial charge in [-0.25, -0.2) is 13.2 Å². The fourth-order valence-corrected chi connectivity index (χ4v) is 3.52. The van der Waals surface area contributed by atoms with Crippen LogP contribution < -0.4 is 9.62 Å². The Bertz CT molecular complexity index is 786. The van der Waals surface area contributed by atoms with Crippen molar-refractivity contribution in [2.75, 3.05) is 23.7 Å². The van der Waals surface area contributed by atoms with Crippen LogP contribution in [0.4, 0.5) is 5.69 Å². The molecule has 1 aromatic rings. The number of fused-ring (bicyclic) bond motifs is 1. The lowest BCUT2D eigenvalue weighted by Gasteiger charge is -2.24. The first-order valence-electron chi connectivity index (χ1n) is 8.12. The largest absolute Gasteiger partial charge is 0.452 e. The topological polar surface area (TPSA) is 92.8 Å². The van der Waals surface area contributed by atoms with Crippen molar-refractivity contribution < 1.29 is 22.7 Å². The highest BCUT2D eigenvalue weighted by Gasteiger charge is 2.27. The number of hydrogen-bond acceptors (Lipinski definition) is 5. The van der Waals surface area contributed by atoms with E-state index in [1.54, 1.807) is 12.1 Å². The van der Waals surface area contributed by atoms with Gasteiger partial charge in [-0.15, -0.1) is 0 Å². The molecule has 1 aliphatic rings. The summed E-state index contributed by atoms with van der Waals surface area (Å²) in [6, 6.07) is 4.73. The van der Waals surface area contributed by atoms with Gasteiger partial charge in [-0.3, -0.25) is 9.10 Å². The summed E-state index contributed by atoms with van der Waals surface area (Å²) in [5.74, 6) is -0.963. The lowest BCUT2D eigenvalue weighted by atomic mass is 10.0. The van der Waals surface area contributed by atoms with Gasteiger partial charge in [0.2, 0.25) is 10.0 Å². The number of ether oxygens (including phenoxy) is 1. The van der Waals surface area contributed by atoms with Crippen LogP contribution in [0.1, 0.15) is 43.1 Å². The first-order valence-corrected chi connectivity index (χ1v) is 9.97. The average Bonchev–Trinajstić information content (AvgIpc) is 2.95. The molecule has 0 fully saturated rings. The van der Waals surface area contributed by atoms with Gasteiger partial charge in [-0.05, 0) is 50.5 Å². The van der Waals surface area contributed by atoms with Crippen LogP contribution in [0.25, 0.3) is 0 Å². The molecule has 0 spiro atoms. The van der Waals surface area contributed by atoms with Crippen molar-refractivity contribution in [3.05, 3.63) is 29.3 Å². The van der Waals surface area contributed by atoms with Gasteiger partial charge >= 0.3 is 5.97 Å². The van der Waals surface area contributed by atoms with E-state index in [9.17, 15) is 18.0 Å².